The Hall–Kier alpha value is -1.47. The van der Waals surface area contributed by atoms with Gasteiger partial charge in [0.15, 0.2) is 0 Å². The quantitative estimate of drug-likeness (QED) is 0.472. The molecule has 0 spiro atoms. The van der Waals surface area contributed by atoms with Gasteiger partial charge >= 0.3 is 0 Å². The molecule has 0 N–H and O–H groups in total. The van der Waals surface area contributed by atoms with Crippen molar-refractivity contribution in [3.8, 4) is 10.4 Å². The van der Waals surface area contributed by atoms with Crippen LogP contribution < -0.4 is 0 Å². The van der Waals surface area contributed by atoms with Crippen LogP contribution in [0.25, 0.3) is 20.5 Å². The second-order valence-electron chi connectivity index (χ2n) is 3.29. The van der Waals surface area contributed by atoms with E-state index in [1.165, 1.54) is 20.5 Å². The van der Waals surface area contributed by atoms with E-state index in [0.717, 1.165) is 0 Å². The maximum absolute atomic E-state index is 2.19. The molecule has 1 aromatic rings. The van der Waals surface area contributed by atoms with Crippen molar-refractivity contribution in [2.45, 2.75) is 0 Å². The van der Waals surface area contributed by atoms with Crippen molar-refractivity contribution in [1.82, 2.24) is 0 Å². The van der Waals surface area contributed by atoms with Crippen molar-refractivity contribution in [2.24, 2.45) is 0 Å². The van der Waals surface area contributed by atoms with Gasteiger partial charge in [-0.3, -0.25) is 0 Å². The third-order valence-electron chi connectivity index (χ3n) is 2.40. The molecule has 0 unspecified atom stereocenters. The Morgan fingerprint density at radius 1 is 0.714 bits per heavy atom. The zero-order valence-electron chi connectivity index (χ0n) is 7.60. The van der Waals surface area contributed by atoms with Crippen molar-refractivity contribution in [3.05, 3.63) is 54.6 Å². The lowest BCUT2D eigenvalue weighted by molar-refractivity contribution is 1.83. The molecule has 14 heavy (non-hydrogen) atoms. The van der Waals surface area contributed by atoms with E-state index >= 15 is 0 Å². The summed E-state index contributed by atoms with van der Waals surface area (Å²) in [5, 5.41) is 1.36. The number of benzene rings is 1. The third-order valence-corrected chi connectivity index (χ3v) is 3.55. The highest BCUT2D eigenvalue weighted by atomic mass is 32.1. The first-order valence-corrected chi connectivity index (χ1v) is 5.46. The Labute approximate surface area is 86.8 Å². The summed E-state index contributed by atoms with van der Waals surface area (Å²) in [6.45, 7) is 0. The van der Waals surface area contributed by atoms with Crippen LogP contribution in [0.5, 0.6) is 0 Å². The van der Waals surface area contributed by atoms with E-state index in [2.05, 4.69) is 54.6 Å². The second-order valence-corrected chi connectivity index (χ2v) is 4.37. The lowest BCUT2D eigenvalue weighted by atomic mass is 10.1. The summed E-state index contributed by atoms with van der Waals surface area (Å²) in [7, 11) is 0. The molecule has 0 amide bonds. The first-order valence-electron chi connectivity index (χ1n) is 4.65. The Balaban J connectivity index is 2.52. The molecule has 0 fully saturated rings. The van der Waals surface area contributed by atoms with Gasteiger partial charge in [0.1, 0.15) is 0 Å². The van der Waals surface area contributed by atoms with Crippen molar-refractivity contribution in [2.75, 3.05) is 0 Å². The monoisotopic (exact) mass is 197 g/mol. The minimum Gasteiger partial charge on any atom is -0.0620 e. The van der Waals surface area contributed by atoms with E-state index < -0.39 is 0 Å². The second kappa shape index (κ2) is 3.03. The molecule has 66 valence electrons. The van der Waals surface area contributed by atoms with Crippen LogP contribution in [0.1, 0.15) is 0 Å². The number of rotatable bonds is 0. The smallest absolute Gasteiger partial charge is 0.0620 e. The van der Waals surface area contributed by atoms with Gasteiger partial charge in [-0.25, -0.2) is 0 Å². The number of hydrogen-bond acceptors (Lipinski definition) is 0. The Bertz CT molecular complexity index is 557. The maximum atomic E-state index is 2.19. The van der Waals surface area contributed by atoms with Gasteiger partial charge < -0.3 is 0 Å². The molecule has 0 bridgehead atoms. The minimum absolute atomic E-state index is 1.36. The molecular weight excluding hydrogens is 188 g/mol. The first-order chi connectivity index (χ1) is 6.95. The Morgan fingerprint density at radius 3 is 2.50 bits per heavy atom. The molecule has 1 heterocycles. The summed E-state index contributed by atoms with van der Waals surface area (Å²) in [6, 6.07) is 19.2. The topological polar surface area (TPSA) is 0 Å². The molecule has 1 aliphatic carbocycles. The van der Waals surface area contributed by atoms with Gasteiger partial charge in [-0.2, -0.15) is 0 Å². The van der Waals surface area contributed by atoms with Crippen LogP contribution in [0.3, 0.4) is 0 Å². The molecule has 3 rings (SSSR count). The summed E-state index contributed by atoms with van der Waals surface area (Å²) in [5.74, 6) is 0. The van der Waals surface area contributed by atoms with Crippen molar-refractivity contribution in [1.29, 1.82) is 0 Å². The molecule has 1 heteroatoms. The number of fused-ring (bicyclic) bond motifs is 3. The average Bonchev–Trinajstić information content (AvgIpc) is 2.42. The maximum Gasteiger partial charge on any atom is 0.239 e. The fraction of sp³-hybridized carbons (Fsp3) is 0. The molecule has 1 aromatic carbocycles. The zero-order valence-corrected chi connectivity index (χ0v) is 8.42. The van der Waals surface area contributed by atoms with Gasteiger partial charge in [0.05, 0.1) is 10.9 Å². The number of hydrogen-bond donors (Lipinski definition) is 0. The van der Waals surface area contributed by atoms with Crippen molar-refractivity contribution >= 4 is 21.4 Å². The highest BCUT2D eigenvalue weighted by Gasteiger charge is 2.19. The lowest BCUT2D eigenvalue weighted by Crippen LogP contribution is -1.65. The molecule has 0 nitrogen and oxygen atoms in total. The van der Waals surface area contributed by atoms with Crippen LogP contribution in [0.2, 0.25) is 0 Å². The molecule has 0 saturated heterocycles. The molecule has 1 aliphatic heterocycles. The summed E-state index contributed by atoms with van der Waals surface area (Å²) in [6.07, 6.45) is 0. The van der Waals surface area contributed by atoms with Gasteiger partial charge in [0, 0.05) is 12.1 Å². The molecule has 0 atom stereocenters. The van der Waals surface area contributed by atoms with E-state index in [1.807, 2.05) is 11.3 Å². The van der Waals surface area contributed by atoms with E-state index in [0.29, 0.717) is 0 Å². The minimum atomic E-state index is 1.36. The van der Waals surface area contributed by atoms with Gasteiger partial charge in [0.2, 0.25) is 20.9 Å². The first kappa shape index (κ1) is 7.89. The van der Waals surface area contributed by atoms with E-state index in [-0.39, 0.29) is 0 Å². The Kier molecular flexibility index (Phi) is 1.71. The van der Waals surface area contributed by atoms with Crippen LogP contribution >= 0.6 is 11.3 Å². The summed E-state index contributed by atoms with van der Waals surface area (Å²) in [4.78, 5) is 1.36. The molecule has 0 aromatic heterocycles. The van der Waals surface area contributed by atoms with Gasteiger partial charge in [-0.1, -0.05) is 30.3 Å². The summed E-state index contributed by atoms with van der Waals surface area (Å²) >= 11 is 1.85. The molecule has 0 radical (unpaired) electrons. The summed E-state index contributed by atoms with van der Waals surface area (Å²) in [5.41, 5.74) is 1.36. The SMILES string of the molecule is c1ccc2[s+]c3ccccc3c-2cc1. The van der Waals surface area contributed by atoms with E-state index in [4.69, 9.17) is 0 Å². The highest BCUT2D eigenvalue weighted by molar-refractivity contribution is 7.22. The van der Waals surface area contributed by atoms with Crippen LogP contribution in [0, 0.1) is 0 Å². The highest BCUT2D eigenvalue weighted by Crippen LogP contribution is 2.37. The van der Waals surface area contributed by atoms with Crippen molar-refractivity contribution in [3.63, 3.8) is 0 Å². The van der Waals surface area contributed by atoms with Crippen molar-refractivity contribution < 1.29 is 0 Å². The number of thiophene rings is 1. The molecular formula is C13H9S+. The van der Waals surface area contributed by atoms with Gasteiger partial charge in [-0.15, -0.1) is 0 Å². The largest absolute Gasteiger partial charge is 0.239 e. The van der Waals surface area contributed by atoms with Crippen LogP contribution in [0.4, 0.5) is 0 Å². The van der Waals surface area contributed by atoms with Gasteiger partial charge in [0.25, 0.3) is 0 Å². The van der Waals surface area contributed by atoms with E-state index in [1.54, 1.807) is 0 Å². The molecule has 0 saturated carbocycles. The average molecular weight is 197 g/mol. The van der Waals surface area contributed by atoms with Crippen LogP contribution in [-0.4, -0.2) is 0 Å². The standard InChI is InChI=1S/C13H9S/c1-2-6-10-11-7-4-5-9-13(11)14-12(10)8-3-1/h1-9H/q+1. The fourth-order valence-electron chi connectivity index (χ4n) is 1.74. The predicted molar refractivity (Wildman–Crippen MR) is 62.9 cm³/mol. The van der Waals surface area contributed by atoms with Crippen LogP contribution in [-0.2, 0) is 0 Å². The Morgan fingerprint density at radius 2 is 1.50 bits per heavy atom. The van der Waals surface area contributed by atoms with E-state index in [9.17, 15) is 0 Å². The summed E-state index contributed by atoms with van der Waals surface area (Å²) < 4.78 is 1.37. The third kappa shape index (κ3) is 1.10. The molecule has 2 aliphatic rings. The predicted octanol–water partition coefficient (Wildman–Crippen LogP) is 4.29. The van der Waals surface area contributed by atoms with Crippen LogP contribution in [0.15, 0.2) is 54.6 Å². The zero-order chi connectivity index (χ0) is 9.38. The van der Waals surface area contributed by atoms with Gasteiger partial charge in [-0.05, 0) is 12.1 Å². The normalized spacial score (nSPS) is 10.9. The lowest BCUT2D eigenvalue weighted by Gasteiger charge is -1.83. The fourth-order valence-corrected chi connectivity index (χ4v) is 2.84.